The lowest BCUT2D eigenvalue weighted by atomic mass is 9.99. The number of hydrogen-bond acceptors (Lipinski definition) is 5. The molecule has 160 valence electrons. The largest absolute Gasteiger partial charge is 0.490 e. The van der Waals surface area contributed by atoms with Gasteiger partial charge in [0.05, 0.1) is 13.2 Å². The van der Waals surface area contributed by atoms with Crippen LogP contribution in [0.1, 0.15) is 12.8 Å². The summed E-state index contributed by atoms with van der Waals surface area (Å²) < 4.78 is 36.4. The van der Waals surface area contributed by atoms with Crippen LogP contribution in [0.2, 0.25) is 0 Å². The van der Waals surface area contributed by atoms with E-state index in [-0.39, 0.29) is 42.7 Å². The lowest BCUT2D eigenvalue weighted by Crippen LogP contribution is -2.43. The summed E-state index contributed by atoms with van der Waals surface area (Å²) in [5.74, 6) is 1.42. The average molecular weight is 415 g/mol. The fourth-order valence-electron chi connectivity index (χ4n) is 3.71. The van der Waals surface area contributed by atoms with Crippen LogP contribution in [0, 0.1) is 11.7 Å². The molecule has 0 aliphatic carbocycles. The molecule has 2 aliphatic heterocycles. The summed E-state index contributed by atoms with van der Waals surface area (Å²) in [5.41, 5.74) is 0. The average Bonchev–Trinajstić information content (AvgIpc) is 2.78. The van der Waals surface area contributed by atoms with Crippen LogP contribution >= 0.6 is 0 Å². The molecule has 2 aromatic rings. The zero-order chi connectivity index (χ0) is 20.8. The Balaban J connectivity index is 1.19. The van der Waals surface area contributed by atoms with Gasteiger partial charge in [0.15, 0.2) is 29.2 Å². The van der Waals surface area contributed by atoms with E-state index in [2.05, 4.69) is 0 Å². The van der Waals surface area contributed by atoms with Gasteiger partial charge in [0.25, 0.3) is 0 Å². The van der Waals surface area contributed by atoms with Crippen molar-refractivity contribution in [2.75, 3.05) is 39.5 Å². The molecule has 0 saturated carbocycles. The first-order valence-corrected chi connectivity index (χ1v) is 10.3. The second kappa shape index (κ2) is 9.80. The summed E-state index contributed by atoms with van der Waals surface area (Å²) in [6.45, 7) is 2.36. The molecule has 2 atom stereocenters. The van der Waals surface area contributed by atoms with Crippen molar-refractivity contribution in [1.82, 2.24) is 4.90 Å². The van der Waals surface area contributed by atoms with Crippen molar-refractivity contribution in [1.29, 1.82) is 0 Å². The Morgan fingerprint density at radius 3 is 2.77 bits per heavy atom. The molecular weight excluding hydrogens is 389 g/mol. The number of carbonyl (C=O) groups is 1. The number of rotatable bonds is 7. The van der Waals surface area contributed by atoms with Crippen LogP contribution in [-0.2, 0) is 9.53 Å². The Hall–Kier alpha value is -2.80. The molecule has 0 bridgehead atoms. The van der Waals surface area contributed by atoms with Crippen LogP contribution in [0.4, 0.5) is 4.39 Å². The maximum Gasteiger partial charge on any atom is 0.248 e. The van der Waals surface area contributed by atoms with Crippen LogP contribution in [0.3, 0.4) is 0 Å². The predicted octanol–water partition coefficient (Wildman–Crippen LogP) is 3.30. The molecule has 4 rings (SSSR count). The van der Waals surface area contributed by atoms with E-state index in [0.717, 1.165) is 18.6 Å². The van der Waals surface area contributed by atoms with E-state index in [1.54, 1.807) is 23.1 Å². The van der Waals surface area contributed by atoms with E-state index in [9.17, 15) is 9.18 Å². The number of halogens is 1. The highest BCUT2D eigenvalue weighted by Gasteiger charge is 2.25. The molecule has 1 saturated heterocycles. The van der Waals surface area contributed by atoms with Crippen molar-refractivity contribution in [3.8, 4) is 17.2 Å². The molecule has 0 N–H and O–H groups in total. The van der Waals surface area contributed by atoms with Gasteiger partial charge in [-0.2, -0.15) is 0 Å². The van der Waals surface area contributed by atoms with E-state index >= 15 is 0 Å². The summed E-state index contributed by atoms with van der Waals surface area (Å²) in [4.78, 5) is 14.3. The van der Waals surface area contributed by atoms with Crippen LogP contribution < -0.4 is 14.2 Å². The summed E-state index contributed by atoms with van der Waals surface area (Å²) in [6, 6.07) is 13.9. The molecule has 2 unspecified atom stereocenters. The number of carbonyl (C=O) groups excluding carboxylic acids is 1. The Morgan fingerprint density at radius 2 is 1.90 bits per heavy atom. The van der Waals surface area contributed by atoms with Gasteiger partial charge in [0.2, 0.25) is 5.91 Å². The van der Waals surface area contributed by atoms with E-state index in [0.29, 0.717) is 32.1 Å². The number of hydrogen-bond donors (Lipinski definition) is 0. The van der Waals surface area contributed by atoms with Gasteiger partial charge in [-0.1, -0.05) is 24.3 Å². The molecule has 1 fully saturated rings. The van der Waals surface area contributed by atoms with Gasteiger partial charge in [0, 0.05) is 19.0 Å². The minimum Gasteiger partial charge on any atom is -0.490 e. The molecule has 0 aromatic heterocycles. The van der Waals surface area contributed by atoms with Crippen LogP contribution in [0.5, 0.6) is 17.2 Å². The summed E-state index contributed by atoms with van der Waals surface area (Å²) in [7, 11) is 0. The molecule has 2 aliphatic rings. The highest BCUT2D eigenvalue weighted by Crippen LogP contribution is 2.30. The van der Waals surface area contributed by atoms with Gasteiger partial charge in [-0.3, -0.25) is 4.79 Å². The van der Waals surface area contributed by atoms with Gasteiger partial charge >= 0.3 is 0 Å². The van der Waals surface area contributed by atoms with Gasteiger partial charge in [-0.15, -0.1) is 0 Å². The Kier molecular flexibility index (Phi) is 6.69. The predicted molar refractivity (Wildman–Crippen MR) is 108 cm³/mol. The molecular formula is C23H26FNO5. The zero-order valence-electron chi connectivity index (χ0n) is 16.8. The second-order valence-corrected chi connectivity index (χ2v) is 7.60. The molecule has 2 aromatic carbocycles. The van der Waals surface area contributed by atoms with Crippen molar-refractivity contribution in [2.45, 2.75) is 18.9 Å². The first-order chi connectivity index (χ1) is 14.7. The van der Waals surface area contributed by atoms with Crippen molar-refractivity contribution in [3.05, 3.63) is 54.3 Å². The number of amides is 1. The van der Waals surface area contributed by atoms with Gasteiger partial charge in [0.1, 0.15) is 13.2 Å². The highest BCUT2D eigenvalue weighted by molar-refractivity contribution is 5.77. The van der Waals surface area contributed by atoms with Crippen molar-refractivity contribution >= 4 is 5.91 Å². The van der Waals surface area contributed by atoms with E-state index < -0.39 is 0 Å². The van der Waals surface area contributed by atoms with Crippen LogP contribution in [-0.4, -0.2) is 56.4 Å². The number of piperidine rings is 1. The van der Waals surface area contributed by atoms with Gasteiger partial charge in [-0.05, 0) is 37.1 Å². The molecule has 0 spiro atoms. The zero-order valence-corrected chi connectivity index (χ0v) is 16.8. The normalized spacial score (nSPS) is 20.6. The number of para-hydroxylation sites is 3. The smallest absolute Gasteiger partial charge is 0.248 e. The fraction of sp³-hybridized carbons (Fsp3) is 0.435. The first kappa shape index (κ1) is 20.5. The third kappa shape index (κ3) is 5.21. The molecule has 0 radical (unpaired) electrons. The second-order valence-electron chi connectivity index (χ2n) is 7.60. The lowest BCUT2D eigenvalue weighted by molar-refractivity contribution is -0.139. The third-order valence-electron chi connectivity index (χ3n) is 5.28. The van der Waals surface area contributed by atoms with E-state index in [1.165, 1.54) is 6.07 Å². The number of fused-ring (bicyclic) bond motifs is 1. The van der Waals surface area contributed by atoms with E-state index in [4.69, 9.17) is 18.9 Å². The summed E-state index contributed by atoms with van der Waals surface area (Å²) >= 11 is 0. The summed E-state index contributed by atoms with van der Waals surface area (Å²) in [5, 5.41) is 0. The standard InChI is InChI=1S/C23H26FNO5/c24-19-7-1-2-8-20(19)28-13-17-6-5-11-25(12-17)23(26)16-27-14-18-15-29-21-9-3-4-10-22(21)30-18/h1-4,7-10,17-18H,5-6,11-16H2. The van der Waals surface area contributed by atoms with Gasteiger partial charge in [-0.25, -0.2) is 4.39 Å². The van der Waals surface area contributed by atoms with E-state index in [1.807, 2.05) is 24.3 Å². The van der Waals surface area contributed by atoms with Crippen molar-refractivity contribution in [2.24, 2.45) is 5.92 Å². The summed E-state index contributed by atoms with van der Waals surface area (Å²) in [6.07, 6.45) is 1.61. The SMILES string of the molecule is O=C(COCC1COc2ccccc2O1)N1CCCC(COc2ccccc2F)C1. The maximum atomic E-state index is 13.7. The van der Waals surface area contributed by atoms with Crippen molar-refractivity contribution < 1.29 is 28.1 Å². The van der Waals surface area contributed by atoms with Crippen LogP contribution in [0.15, 0.2) is 48.5 Å². The number of likely N-dealkylation sites (tertiary alicyclic amines) is 1. The molecule has 2 heterocycles. The first-order valence-electron chi connectivity index (χ1n) is 10.3. The minimum atomic E-state index is -0.369. The Bertz CT molecular complexity index is 861. The fourth-order valence-corrected chi connectivity index (χ4v) is 3.71. The minimum absolute atomic E-state index is 0.00238. The molecule has 1 amide bonds. The lowest BCUT2D eigenvalue weighted by Gasteiger charge is -2.33. The topological polar surface area (TPSA) is 57.2 Å². The Morgan fingerprint density at radius 1 is 1.10 bits per heavy atom. The maximum absolute atomic E-state index is 13.7. The van der Waals surface area contributed by atoms with Crippen LogP contribution in [0.25, 0.3) is 0 Å². The monoisotopic (exact) mass is 415 g/mol. The number of ether oxygens (including phenoxy) is 4. The molecule has 7 heteroatoms. The number of nitrogens with zero attached hydrogens (tertiary/aromatic N) is 1. The quantitative estimate of drug-likeness (QED) is 0.695. The van der Waals surface area contributed by atoms with Gasteiger partial charge < -0.3 is 23.8 Å². The third-order valence-corrected chi connectivity index (χ3v) is 5.28. The van der Waals surface area contributed by atoms with Crippen molar-refractivity contribution in [3.63, 3.8) is 0 Å². The molecule has 6 nitrogen and oxygen atoms in total. The molecule has 30 heavy (non-hydrogen) atoms. The Labute approximate surface area is 175 Å². The highest BCUT2D eigenvalue weighted by atomic mass is 19.1. The number of benzene rings is 2.